The molecule has 1 aliphatic heterocycles. The van der Waals surface area contributed by atoms with Gasteiger partial charge in [-0.15, -0.1) is 0 Å². The summed E-state index contributed by atoms with van der Waals surface area (Å²) >= 11 is 0. The summed E-state index contributed by atoms with van der Waals surface area (Å²) < 4.78 is 0. The number of hydrogen-bond donors (Lipinski definition) is 2. The predicted molar refractivity (Wildman–Crippen MR) is 151 cm³/mol. The fraction of sp³-hybridized carbons (Fsp3) is 0.406. The molecule has 2 unspecified atom stereocenters. The maximum atomic E-state index is 11.5. The van der Waals surface area contributed by atoms with Gasteiger partial charge in [0.25, 0.3) is 0 Å². The van der Waals surface area contributed by atoms with E-state index in [0.717, 1.165) is 72.7 Å². The number of anilines is 1. The molecule has 0 saturated heterocycles. The molecule has 6 nitrogen and oxygen atoms in total. The van der Waals surface area contributed by atoms with E-state index >= 15 is 0 Å². The van der Waals surface area contributed by atoms with E-state index in [1.165, 1.54) is 17.2 Å². The zero-order chi connectivity index (χ0) is 26.6. The van der Waals surface area contributed by atoms with Crippen LogP contribution in [0.2, 0.25) is 0 Å². The lowest BCUT2D eigenvalue weighted by atomic mass is 9.98. The fourth-order valence-corrected chi connectivity index (χ4v) is 5.49. The van der Waals surface area contributed by atoms with Gasteiger partial charge in [-0.2, -0.15) is 0 Å². The Hall–Kier alpha value is -3.51. The number of aromatic nitrogens is 2. The zero-order valence-corrected chi connectivity index (χ0v) is 22.4. The highest BCUT2D eigenvalue weighted by molar-refractivity contribution is 5.92. The van der Waals surface area contributed by atoms with E-state index in [-0.39, 0.29) is 17.5 Å². The van der Waals surface area contributed by atoms with Gasteiger partial charge in [-0.05, 0) is 26.7 Å². The summed E-state index contributed by atoms with van der Waals surface area (Å²) in [6.07, 6.45) is 6.78. The summed E-state index contributed by atoms with van der Waals surface area (Å²) in [5.74, 6) is 1.17. The Bertz CT molecular complexity index is 1320. The molecule has 0 amide bonds. The highest BCUT2D eigenvalue weighted by Gasteiger charge is 2.28. The van der Waals surface area contributed by atoms with Gasteiger partial charge in [0.05, 0.1) is 28.9 Å². The Morgan fingerprint density at radius 2 is 1.45 bits per heavy atom. The smallest absolute Gasteiger partial charge is 0.159 e. The van der Waals surface area contributed by atoms with Crippen molar-refractivity contribution in [3.8, 4) is 22.5 Å². The van der Waals surface area contributed by atoms with Crippen LogP contribution in [-0.2, 0) is 11.2 Å². The second-order valence-electron chi connectivity index (χ2n) is 10.9. The van der Waals surface area contributed by atoms with Gasteiger partial charge in [-0.3, -0.25) is 4.79 Å². The Labute approximate surface area is 225 Å². The first-order valence-electron chi connectivity index (χ1n) is 13.8. The average Bonchev–Trinajstić information content (AvgIpc) is 3.22. The Balaban J connectivity index is 1.32. The van der Waals surface area contributed by atoms with Crippen LogP contribution in [0.5, 0.6) is 0 Å². The first-order chi connectivity index (χ1) is 18.4. The molecule has 198 valence electrons. The molecule has 1 aliphatic carbocycles. The van der Waals surface area contributed by atoms with Crippen LogP contribution in [0.25, 0.3) is 22.5 Å². The number of ketones is 1. The first kappa shape index (κ1) is 26.1. The van der Waals surface area contributed by atoms with E-state index in [1.54, 1.807) is 0 Å². The number of aryl methyl sites for hydroxylation is 2. The minimum atomic E-state index is -0.470. The number of benzene rings is 2. The van der Waals surface area contributed by atoms with Gasteiger partial charge < -0.3 is 15.1 Å². The maximum Gasteiger partial charge on any atom is 0.159 e. The second kappa shape index (κ2) is 11.5. The van der Waals surface area contributed by atoms with Crippen LogP contribution in [0.15, 0.2) is 60.4 Å². The van der Waals surface area contributed by atoms with Crippen LogP contribution in [0.4, 0.5) is 5.82 Å². The molecule has 0 fully saturated rings. The number of fused-ring (bicyclic) bond motifs is 1. The van der Waals surface area contributed by atoms with Crippen LogP contribution >= 0.6 is 0 Å². The Kier molecular flexibility index (Phi) is 7.89. The summed E-state index contributed by atoms with van der Waals surface area (Å²) in [6.45, 7) is 5.53. The molecule has 5 rings (SSSR count). The maximum absolute atomic E-state index is 11.5. The van der Waals surface area contributed by atoms with Crippen LogP contribution in [-0.4, -0.2) is 45.2 Å². The minimum Gasteiger partial charge on any atom is -0.512 e. The van der Waals surface area contributed by atoms with Crippen molar-refractivity contribution in [3.63, 3.8) is 0 Å². The number of aliphatic hydroxyl groups excluding tert-OH is 2. The highest BCUT2D eigenvalue weighted by Crippen LogP contribution is 2.35. The van der Waals surface area contributed by atoms with Crippen molar-refractivity contribution in [3.05, 3.63) is 77.2 Å². The summed E-state index contributed by atoms with van der Waals surface area (Å²) in [7, 11) is 0. The molecule has 6 heteroatoms. The largest absolute Gasteiger partial charge is 0.512 e. The van der Waals surface area contributed by atoms with Gasteiger partial charge >= 0.3 is 0 Å². The highest BCUT2D eigenvalue weighted by atomic mass is 16.3. The quantitative estimate of drug-likeness (QED) is 0.336. The number of aliphatic hydroxyl groups is 2. The van der Waals surface area contributed by atoms with E-state index < -0.39 is 6.10 Å². The number of unbranched alkanes of at least 4 members (excludes halogenated alkanes) is 3. The summed E-state index contributed by atoms with van der Waals surface area (Å²) in [5, 5.41) is 20.6. The number of allylic oxidation sites excluding steroid dienone is 2. The van der Waals surface area contributed by atoms with E-state index in [1.807, 2.05) is 0 Å². The number of hydrogen-bond acceptors (Lipinski definition) is 6. The molecule has 0 bridgehead atoms. The summed E-state index contributed by atoms with van der Waals surface area (Å²) in [4.78, 5) is 24.0. The molecule has 0 radical (unpaired) electrons. The number of β-amino-alcohol motifs (C(OH)–C–C–N with tert-alkyl or cyclic N) is 1. The third-order valence-corrected chi connectivity index (χ3v) is 7.66. The lowest BCUT2D eigenvalue weighted by molar-refractivity contribution is -0.114. The molecule has 1 aromatic heterocycles. The number of rotatable bonds is 9. The molecule has 2 atom stereocenters. The van der Waals surface area contributed by atoms with Crippen LogP contribution < -0.4 is 4.90 Å². The van der Waals surface area contributed by atoms with Crippen molar-refractivity contribution in [1.29, 1.82) is 0 Å². The number of carbonyl (C=O) groups is 1. The van der Waals surface area contributed by atoms with E-state index in [4.69, 9.17) is 9.97 Å². The standard InChI is InChI=1S/C32H37N3O3/c1-21-8-12-23(13-9-21)30-31(24-14-10-22(2)11-15-24)34-32-28(33-30)18-27(37)20-35(32)16-6-4-3-5-7-25-17-26(36)19-29(25)38/h8-15,19,25,27,37-38H,3-7,16-18,20H2,1-2H3. The summed E-state index contributed by atoms with van der Waals surface area (Å²) in [6, 6.07) is 16.8. The Morgan fingerprint density at radius 1 is 0.842 bits per heavy atom. The van der Waals surface area contributed by atoms with Crippen molar-refractivity contribution in [2.75, 3.05) is 18.0 Å². The van der Waals surface area contributed by atoms with Crippen molar-refractivity contribution in [1.82, 2.24) is 9.97 Å². The number of carbonyl (C=O) groups excluding carboxylic acids is 1. The van der Waals surface area contributed by atoms with E-state index in [0.29, 0.717) is 19.4 Å². The van der Waals surface area contributed by atoms with Crippen molar-refractivity contribution in [2.24, 2.45) is 5.92 Å². The van der Waals surface area contributed by atoms with Gasteiger partial charge in [0, 0.05) is 49.1 Å². The molecular weight excluding hydrogens is 474 g/mol. The molecule has 2 heterocycles. The lowest BCUT2D eigenvalue weighted by Gasteiger charge is -2.33. The molecule has 38 heavy (non-hydrogen) atoms. The zero-order valence-electron chi connectivity index (χ0n) is 22.4. The Morgan fingerprint density at radius 3 is 2.05 bits per heavy atom. The predicted octanol–water partition coefficient (Wildman–Crippen LogP) is 6.13. The molecule has 2 aromatic carbocycles. The third-order valence-electron chi connectivity index (χ3n) is 7.66. The van der Waals surface area contributed by atoms with Gasteiger partial charge in [0.2, 0.25) is 0 Å². The molecular formula is C32H37N3O3. The molecule has 2 aliphatic rings. The van der Waals surface area contributed by atoms with E-state index in [2.05, 4.69) is 67.3 Å². The first-order valence-corrected chi connectivity index (χ1v) is 13.8. The molecule has 3 aromatic rings. The van der Waals surface area contributed by atoms with Gasteiger partial charge in [0.15, 0.2) is 11.6 Å². The van der Waals surface area contributed by atoms with Gasteiger partial charge in [-0.25, -0.2) is 9.97 Å². The van der Waals surface area contributed by atoms with Crippen molar-refractivity contribution < 1.29 is 15.0 Å². The molecule has 0 saturated carbocycles. The summed E-state index contributed by atoms with van der Waals surface area (Å²) in [5.41, 5.74) is 7.03. The second-order valence-corrected chi connectivity index (χ2v) is 10.9. The normalized spacial score (nSPS) is 19.0. The third kappa shape index (κ3) is 5.97. The van der Waals surface area contributed by atoms with Gasteiger partial charge in [0.1, 0.15) is 0 Å². The number of nitrogens with zero attached hydrogens (tertiary/aromatic N) is 3. The minimum absolute atomic E-state index is 0.00446. The fourth-order valence-electron chi connectivity index (χ4n) is 5.49. The van der Waals surface area contributed by atoms with Gasteiger partial charge in [-0.1, -0.05) is 78.9 Å². The SMILES string of the molecule is Cc1ccc(-c2nc3c(nc2-c2ccc(C)cc2)N(CCCCCCC2CC(=O)C=C2O)CC(O)C3)cc1. The lowest BCUT2D eigenvalue weighted by Crippen LogP contribution is -2.40. The molecule has 2 N–H and O–H groups in total. The van der Waals surface area contributed by atoms with Crippen LogP contribution in [0, 0.1) is 19.8 Å². The van der Waals surface area contributed by atoms with Crippen LogP contribution in [0.1, 0.15) is 55.3 Å². The topological polar surface area (TPSA) is 86.6 Å². The van der Waals surface area contributed by atoms with Crippen molar-refractivity contribution in [2.45, 2.75) is 64.9 Å². The average molecular weight is 512 g/mol. The van der Waals surface area contributed by atoms with E-state index in [9.17, 15) is 15.0 Å². The van der Waals surface area contributed by atoms with Crippen LogP contribution in [0.3, 0.4) is 0 Å². The van der Waals surface area contributed by atoms with Crippen molar-refractivity contribution >= 4 is 11.6 Å². The molecule has 0 spiro atoms. The monoisotopic (exact) mass is 511 g/mol.